The summed E-state index contributed by atoms with van der Waals surface area (Å²) in [6, 6.07) is 7.07. The molecule has 0 aromatic heterocycles. The van der Waals surface area contributed by atoms with Crippen molar-refractivity contribution in [1.29, 1.82) is 0 Å². The maximum absolute atomic E-state index is 13.3. The van der Waals surface area contributed by atoms with Gasteiger partial charge < -0.3 is 15.1 Å². The highest BCUT2D eigenvalue weighted by Gasteiger charge is 2.11. The van der Waals surface area contributed by atoms with E-state index in [2.05, 4.69) is 36.3 Å². The first-order valence-corrected chi connectivity index (χ1v) is 7.29. The van der Waals surface area contributed by atoms with Crippen LogP contribution in [-0.4, -0.2) is 57.6 Å². The van der Waals surface area contributed by atoms with E-state index in [0.29, 0.717) is 0 Å². The Balaban J connectivity index is 2.37. The zero-order valence-electron chi connectivity index (χ0n) is 13.2. The number of nitrogens with zero attached hydrogens (tertiary/aromatic N) is 2. The van der Waals surface area contributed by atoms with E-state index in [-0.39, 0.29) is 11.9 Å². The lowest BCUT2D eigenvalue weighted by Crippen LogP contribution is -2.28. The van der Waals surface area contributed by atoms with E-state index in [9.17, 15) is 4.39 Å². The second-order valence-electron chi connectivity index (χ2n) is 5.65. The van der Waals surface area contributed by atoms with Crippen LogP contribution in [0.4, 0.5) is 4.39 Å². The fourth-order valence-corrected chi connectivity index (χ4v) is 2.32. The van der Waals surface area contributed by atoms with E-state index in [0.717, 1.165) is 31.6 Å². The lowest BCUT2D eigenvalue weighted by Gasteiger charge is -2.22. The van der Waals surface area contributed by atoms with Gasteiger partial charge in [0.15, 0.2) is 0 Å². The molecule has 0 saturated heterocycles. The molecule has 114 valence electrons. The summed E-state index contributed by atoms with van der Waals surface area (Å²) in [6.45, 7) is 3.22. The molecule has 1 rings (SSSR count). The Kier molecular flexibility index (Phi) is 7.73. The average molecular weight is 281 g/mol. The summed E-state index contributed by atoms with van der Waals surface area (Å²) in [7, 11) is 8.28. The van der Waals surface area contributed by atoms with Crippen molar-refractivity contribution in [1.82, 2.24) is 15.1 Å². The van der Waals surface area contributed by atoms with Crippen molar-refractivity contribution in [3.63, 3.8) is 0 Å². The van der Waals surface area contributed by atoms with E-state index in [1.54, 1.807) is 12.1 Å². The molecule has 0 amide bonds. The van der Waals surface area contributed by atoms with E-state index in [1.165, 1.54) is 12.5 Å². The fraction of sp³-hybridized carbons (Fsp3) is 0.625. The second kappa shape index (κ2) is 9.06. The lowest BCUT2D eigenvalue weighted by atomic mass is 10.0. The minimum atomic E-state index is -0.165. The molecule has 0 saturated carbocycles. The van der Waals surface area contributed by atoms with Crippen molar-refractivity contribution in [2.75, 3.05) is 47.8 Å². The number of hydrogen-bond acceptors (Lipinski definition) is 3. The van der Waals surface area contributed by atoms with E-state index in [4.69, 9.17) is 0 Å². The van der Waals surface area contributed by atoms with Crippen LogP contribution in [0, 0.1) is 5.82 Å². The van der Waals surface area contributed by atoms with Crippen molar-refractivity contribution < 1.29 is 4.39 Å². The van der Waals surface area contributed by atoms with E-state index >= 15 is 0 Å². The summed E-state index contributed by atoms with van der Waals surface area (Å²) in [5.74, 6) is -0.165. The average Bonchev–Trinajstić information content (AvgIpc) is 2.39. The molecule has 20 heavy (non-hydrogen) atoms. The molecule has 0 radical (unpaired) electrons. The predicted octanol–water partition coefficient (Wildman–Crippen LogP) is 2.36. The molecular formula is C16H28FN3. The van der Waals surface area contributed by atoms with Gasteiger partial charge in [0.25, 0.3) is 0 Å². The third-order valence-corrected chi connectivity index (χ3v) is 3.54. The molecule has 4 heteroatoms. The smallest absolute Gasteiger partial charge is 0.123 e. The molecule has 0 aliphatic heterocycles. The maximum atomic E-state index is 13.3. The molecule has 0 bridgehead atoms. The van der Waals surface area contributed by atoms with Crippen molar-refractivity contribution in [2.45, 2.75) is 18.9 Å². The van der Waals surface area contributed by atoms with Crippen molar-refractivity contribution >= 4 is 0 Å². The topological polar surface area (TPSA) is 18.5 Å². The molecule has 0 spiro atoms. The standard InChI is InChI=1S/C16H28FN3/c1-18-16(14-7-5-8-15(17)13-14)9-12-20(4)11-6-10-19(2)3/h5,7-8,13,16,18H,6,9-12H2,1-4H3. The SMILES string of the molecule is CNC(CCN(C)CCCN(C)C)c1cccc(F)c1. The second-order valence-corrected chi connectivity index (χ2v) is 5.65. The molecule has 0 aliphatic rings. The van der Waals surface area contributed by atoms with Crippen LogP contribution in [0.15, 0.2) is 24.3 Å². The monoisotopic (exact) mass is 281 g/mol. The highest BCUT2D eigenvalue weighted by Crippen LogP contribution is 2.17. The van der Waals surface area contributed by atoms with E-state index in [1.807, 2.05) is 13.1 Å². The largest absolute Gasteiger partial charge is 0.313 e. The molecule has 1 N–H and O–H groups in total. The van der Waals surface area contributed by atoms with Crippen molar-refractivity contribution in [3.8, 4) is 0 Å². The van der Waals surface area contributed by atoms with E-state index < -0.39 is 0 Å². The van der Waals surface area contributed by atoms with Crippen molar-refractivity contribution in [2.24, 2.45) is 0 Å². The molecule has 0 heterocycles. The summed E-state index contributed by atoms with van der Waals surface area (Å²) in [6.07, 6.45) is 2.16. The van der Waals surface area contributed by atoms with Crippen LogP contribution in [0.2, 0.25) is 0 Å². The van der Waals surface area contributed by atoms with Crippen LogP contribution < -0.4 is 5.32 Å². The number of nitrogens with one attached hydrogen (secondary N) is 1. The maximum Gasteiger partial charge on any atom is 0.123 e. The van der Waals surface area contributed by atoms with Gasteiger partial charge in [0.1, 0.15) is 5.82 Å². The third kappa shape index (κ3) is 6.46. The van der Waals surface area contributed by atoms with Gasteiger partial charge in [-0.2, -0.15) is 0 Å². The zero-order valence-corrected chi connectivity index (χ0v) is 13.2. The van der Waals surface area contributed by atoms with Crippen LogP contribution in [0.5, 0.6) is 0 Å². The molecule has 1 atom stereocenters. The third-order valence-electron chi connectivity index (χ3n) is 3.54. The first-order valence-electron chi connectivity index (χ1n) is 7.29. The normalized spacial score (nSPS) is 13.2. The highest BCUT2D eigenvalue weighted by atomic mass is 19.1. The Bertz CT molecular complexity index is 382. The minimum Gasteiger partial charge on any atom is -0.313 e. The Morgan fingerprint density at radius 3 is 2.50 bits per heavy atom. The minimum absolute atomic E-state index is 0.165. The number of hydrogen-bond donors (Lipinski definition) is 1. The van der Waals surface area contributed by atoms with Crippen LogP contribution >= 0.6 is 0 Å². The molecular weight excluding hydrogens is 253 g/mol. The molecule has 1 unspecified atom stereocenters. The van der Waals surface area contributed by atoms with Gasteiger partial charge in [0, 0.05) is 6.04 Å². The number of rotatable bonds is 9. The fourth-order valence-electron chi connectivity index (χ4n) is 2.32. The molecule has 1 aromatic carbocycles. The van der Waals surface area contributed by atoms with Gasteiger partial charge in [-0.05, 0) is 78.4 Å². The van der Waals surface area contributed by atoms with Crippen LogP contribution in [-0.2, 0) is 0 Å². The van der Waals surface area contributed by atoms with Crippen LogP contribution in [0.25, 0.3) is 0 Å². The van der Waals surface area contributed by atoms with Gasteiger partial charge in [-0.3, -0.25) is 0 Å². The first-order chi connectivity index (χ1) is 9.52. The van der Waals surface area contributed by atoms with Crippen LogP contribution in [0.1, 0.15) is 24.4 Å². The summed E-state index contributed by atoms with van der Waals surface area (Å²) in [5, 5.41) is 3.27. The van der Waals surface area contributed by atoms with Gasteiger partial charge in [-0.15, -0.1) is 0 Å². The van der Waals surface area contributed by atoms with Gasteiger partial charge in [0.2, 0.25) is 0 Å². The zero-order chi connectivity index (χ0) is 15.0. The Morgan fingerprint density at radius 2 is 1.90 bits per heavy atom. The van der Waals surface area contributed by atoms with Crippen molar-refractivity contribution in [3.05, 3.63) is 35.6 Å². The van der Waals surface area contributed by atoms with Gasteiger partial charge in [0.05, 0.1) is 0 Å². The van der Waals surface area contributed by atoms with Gasteiger partial charge >= 0.3 is 0 Å². The Morgan fingerprint density at radius 1 is 1.15 bits per heavy atom. The summed E-state index contributed by atoms with van der Waals surface area (Å²) >= 11 is 0. The molecule has 1 aromatic rings. The summed E-state index contributed by atoms with van der Waals surface area (Å²) in [5.41, 5.74) is 1.02. The lowest BCUT2D eigenvalue weighted by molar-refractivity contribution is 0.286. The molecule has 3 nitrogen and oxygen atoms in total. The van der Waals surface area contributed by atoms with Gasteiger partial charge in [-0.1, -0.05) is 12.1 Å². The Labute approximate surface area is 122 Å². The summed E-state index contributed by atoms with van der Waals surface area (Å²) in [4.78, 5) is 4.55. The quantitative estimate of drug-likeness (QED) is 0.749. The van der Waals surface area contributed by atoms with Gasteiger partial charge in [-0.25, -0.2) is 4.39 Å². The first kappa shape index (κ1) is 17.1. The number of benzene rings is 1. The number of halogens is 1. The Hall–Kier alpha value is -0.970. The molecule has 0 aliphatic carbocycles. The highest BCUT2D eigenvalue weighted by molar-refractivity contribution is 5.20. The van der Waals surface area contributed by atoms with Crippen LogP contribution in [0.3, 0.4) is 0 Å². The summed E-state index contributed by atoms with van der Waals surface area (Å²) < 4.78 is 13.3. The molecule has 0 fully saturated rings. The predicted molar refractivity (Wildman–Crippen MR) is 83.5 cm³/mol.